The minimum absolute atomic E-state index is 0.00255. The molecule has 0 amide bonds. The van der Waals surface area contributed by atoms with Crippen LogP contribution in [0.25, 0.3) is 33.6 Å². The van der Waals surface area contributed by atoms with E-state index in [1.165, 1.54) is 33.5 Å². The highest BCUT2D eigenvalue weighted by molar-refractivity contribution is 6.31. The summed E-state index contributed by atoms with van der Waals surface area (Å²) >= 11 is 6.38. The molecule has 9 heteroatoms. The van der Waals surface area contributed by atoms with E-state index < -0.39 is 0 Å². The van der Waals surface area contributed by atoms with Gasteiger partial charge in [-0.1, -0.05) is 29.8 Å². The van der Waals surface area contributed by atoms with E-state index in [-0.39, 0.29) is 11.6 Å². The van der Waals surface area contributed by atoms with Crippen molar-refractivity contribution in [3.8, 4) is 28.1 Å². The number of aryl methyl sites for hydroxylation is 2. The maximum Gasteiger partial charge on any atom is 0.251 e. The molecule has 0 bridgehead atoms. The predicted octanol–water partition coefficient (Wildman–Crippen LogP) is 5.78. The molecular formula is C32H24ClN7O. The molecule has 1 fully saturated rings. The third-order valence-corrected chi connectivity index (χ3v) is 9.44. The van der Waals surface area contributed by atoms with Gasteiger partial charge in [-0.2, -0.15) is 4.68 Å². The Bertz CT molecular complexity index is 2020. The van der Waals surface area contributed by atoms with Gasteiger partial charge in [0.15, 0.2) is 0 Å². The normalized spacial score (nSPS) is 21.5. The van der Waals surface area contributed by atoms with Crippen LogP contribution in [0.15, 0.2) is 83.1 Å². The molecule has 41 heavy (non-hydrogen) atoms. The van der Waals surface area contributed by atoms with E-state index in [1.54, 1.807) is 23.1 Å². The molecule has 0 radical (unpaired) electrons. The molecule has 3 unspecified atom stereocenters. The van der Waals surface area contributed by atoms with Crippen LogP contribution < -0.4 is 5.56 Å². The van der Waals surface area contributed by atoms with Crippen LogP contribution >= 0.6 is 11.6 Å². The number of halogens is 1. The number of aromatic nitrogens is 6. The maximum absolute atomic E-state index is 13.7. The largest absolute Gasteiger partial charge is 0.361 e. The van der Waals surface area contributed by atoms with Crippen LogP contribution in [0.2, 0.25) is 5.02 Å². The molecular weight excluding hydrogens is 534 g/mol. The molecule has 2 aliphatic heterocycles. The van der Waals surface area contributed by atoms with Gasteiger partial charge in [0.2, 0.25) is 0 Å². The van der Waals surface area contributed by atoms with Crippen molar-refractivity contribution in [3.05, 3.63) is 111 Å². The summed E-state index contributed by atoms with van der Waals surface area (Å²) in [6, 6.07) is 18.4. The zero-order chi connectivity index (χ0) is 27.2. The minimum Gasteiger partial charge on any atom is -0.361 e. The number of aromatic amines is 1. The number of hydrogen-bond acceptors (Lipinski definition) is 5. The van der Waals surface area contributed by atoms with Gasteiger partial charge in [-0.3, -0.25) is 9.79 Å². The van der Waals surface area contributed by atoms with Gasteiger partial charge in [0.1, 0.15) is 6.33 Å². The second-order valence-corrected chi connectivity index (χ2v) is 11.9. The summed E-state index contributed by atoms with van der Waals surface area (Å²) in [7, 11) is 0. The Morgan fingerprint density at radius 3 is 2.78 bits per heavy atom. The molecule has 200 valence electrons. The van der Waals surface area contributed by atoms with E-state index in [9.17, 15) is 4.79 Å². The van der Waals surface area contributed by atoms with Crippen LogP contribution in [-0.4, -0.2) is 35.5 Å². The van der Waals surface area contributed by atoms with Crippen molar-refractivity contribution in [1.29, 1.82) is 0 Å². The standard InChI is InChI=1S/C32H24ClN7O/c33-22-4-6-28(39-16-36-37-38-39)24(13-22)20-11-29-25-14-26(25)32(40(29)30(41)12-20)27-10-21(15-35-27)18-3-5-23-19(9-18)2-1-17-7-8-34-31(17)23/h3-9,11-13,15-16,25-26,32,34H,1-2,10,14H2. The molecule has 3 aromatic heterocycles. The summed E-state index contributed by atoms with van der Waals surface area (Å²) in [5, 5.41) is 12.2. The van der Waals surface area contributed by atoms with Gasteiger partial charge in [0.25, 0.3) is 5.56 Å². The summed E-state index contributed by atoms with van der Waals surface area (Å²) in [5.74, 6) is 0.784. The summed E-state index contributed by atoms with van der Waals surface area (Å²) < 4.78 is 3.58. The number of aliphatic imine (C=N–C) groups is 1. The lowest BCUT2D eigenvalue weighted by Gasteiger charge is -2.20. The van der Waals surface area contributed by atoms with Crippen molar-refractivity contribution >= 4 is 22.9 Å². The molecule has 1 saturated carbocycles. The predicted molar refractivity (Wildman–Crippen MR) is 157 cm³/mol. The number of benzene rings is 2. The van der Waals surface area contributed by atoms with Crippen molar-refractivity contribution in [3.63, 3.8) is 0 Å². The van der Waals surface area contributed by atoms with E-state index in [2.05, 4.69) is 50.8 Å². The van der Waals surface area contributed by atoms with Crippen molar-refractivity contribution in [1.82, 2.24) is 29.8 Å². The third-order valence-electron chi connectivity index (χ3n) is 9.21. The highest BCUT2D eigenvalue weighted by Crippen LogP contribution is 2.60. The first kappa shape index (κ1) is 23.2. The van der Waals surface area contributed by atoms with Crippen molar-refractivity contribution in [2.45, 2.75) is 37.6 Å². The van der Waals surface area contributed by atoms with E-state index in [0.29, 0.717) is 16.9 Å². The zero-order valence-corrected chi connectivity index (χ0v) is 22.7. The molecule has 0 saturated heterocycles. The molecule has 5 aromatic rings. The first-order chi connectivity index (χ1) is 20.1. The summed E-state index contributed by atoms with van der Waals surface area (Å²) in [5.41, 5.74) is 12.4. The molecule has 9 rings (SSSR count). The van der Waals surface area contributed by atoms with Crippen molar-refractivity contribution in [2.24, 2.45) is 10.9 Å². The molecule has 3 atom stereocenters. The fourth-order valence-electron chi connectivity index (χ4n) is 7.22. The van der Waals surface area contributed by atoms with Gasteiger partial charge in [-0.15, -0.1) is 5.10 Å². The first-order valence-electron chi connectivity index (χ1n) is 14.0. The van der Waals surface area contributed by atoms with E-state index in [0.717, 1.165) is 53.9 Å². The second-order valence-electron chi connectivity index (χ2n) is 11.4. The van der Waals surface area contributed by atoms with Crippen LogP contribution in [-0.2, 0) is 12.8 Å². The van der Waals surface area contributed by atoms with Gasteiger partial charge in [0, 0.05) is 64.1 Å². The Labute approximate surface area is 240 Å². The third kappa shape index (κ3) is 3.50. The number of H-pyrrole nitrogens is 1. The van der Waals surface area contributed by atoms with Gasteiger partial charge in [-0.05, 0) is 93.8 Å². The van der Waals surface area contributed by atoms with E-state index in [4.69, 9.17) is 16.6 Å². The molecule has 4 aliphatic rings. The highest BCUT2D eigenvalue weighted by atomic mass is 35.5. The first-order valence-corrected chi connectivity index (χ1v) is 14.4. The Balaban J connectivity index is 1.03. The monoisotopic (exact) mass is 557 g/mol. The summed E-state index contributed by atoms with van der Waals surface area (Å²) in [4.78, 5) is 22.0. The van der Waals surface area contributed by atoms with Crippen molar-refractivity contribution < 1.29 is 0 Å². The Kier molecular flexibility index (Phi) is 4.79. The second kappa shape index (κ2) is 8.47. The summed E-state index contributed by atoms with van der Waals surface area (Å²) in [6.45, 7) is 0. The SMILES string of the molecule is O=c1cc(-c2cc(Cl)ccc2-n2cnnn2)cc2n1C(C1=NC=C(c3ccc4c(c3)CCc3cc[nH]c3-4)C1)C1CC21. The number of fused-ring (bicyclic) bond motifs is 6. The highest BCUT2D eigenvalue weighted by Gasteiger charge is 2.54. The number of nitrogens with zero attached hydrogens (tertiary/aromatic N) is 6. The Morgan fingerprint density at radius 2 is 1.88 bits per heavy atom. The number of allylic oxidation sites excluding steroid dienone is 1. The Hall–Kier alpha value is -4.56. The van der Waals surface area contributed by atoms with Gasteiger partial charge in [0.05, 0.1) is 11.7 Å². The lowest BCUT2D eigenvalue weighted by molar-refractivity contribution is 0.584. The van der Waals surface area contributed by atoms with Crippen LogP contribution in [0.5, 0.6) is 0 Å². The number of nitrogens with one attached hydrogen (secondary N) is 1. The molecule has 2 aliphatic carbocycles. The molecule has 0 spiro atoms. The van der Waals surface area contributed by atoms with Gasteiger partial charge in [-0.25, -0.2) is 0 Å². The van der Waals surface area contributed by atoms with E-state index in [1.807, 2.05) is 29.1 Å². The Morgan fingerprint density at radius 1 is 0.951 bits per heavy atom. The lowest BCUT2D eigenvalue weighted by Crippen LogP contribution is -2.29. The number of tetrazole rings is 1. The van der Waals surface area contributed by atoms with E-state index >= 15 is 0 Å². The molecule has 1 N–H and O–H groups in total. The van der Waals surface area contributed by atoms with Crippen LogP contribution in [0.4, 0.5) is 0 Å². The molecule has 2 aromatic carbocycles. The fraction of sp³-hybridized carbons (Fsp3) is 0.219. The zero-order valence-electron chi connectivity index (χ0n) is 22.0. The number of rotatable bonds is 4. The van der Waals surface area contributed by atoms with Gasteiger partial charge >= 0.3 is 0 Å². The average molecular weight is 558 g/mol. The fourth-order valence-corrected chi connectivity index (χ4v) is 7.39. The van der Waals surface area contributed by atoms with Crippen molar-refractivity contribution in [2.75, 3.05) is 0 Å². The van der Waals surface area contributed by atoms with Crippen LogP contribution in [0, 0.1) is 5.92 Å². The maximum atomic E-state index is 13.7. The molecule has 8 nitrogen and oxygen atoms in total. The number of hydrogen-bond donors (Lipinski definition) is 1. The van der Waals surface area contributed by atoms with Crippen LogP contribution in [0.3, 0.4) is 0 Å². The minimum atomic E-state index is -0.0102. The topological polar surface area (TPSA) is 93.8 Å². The quantitative estimate of drug-likeness (QED) is 0.303. The average Bonchev–Trinajstić information content (AvgIpc) is 3.50. The van der Waals surface area contributed by atoms with Gasteiger partial charge < -0.3 is 9.55 Å². The number of pyridine rings is 1. The van der Waals surface area contributed by atoms with Crippen LogP contribution in [0.1, 0.15) is 47.2 Å². The smallest absolute Gasteiger partial charge is 0.251 e. The molecule has 5 heterocycles. The lowest BCUT2D eigenvalue weighted by atomic mass is 9.87. The summed E-state index contributed by atoms with van der Waals surface area (Å²) in [6.07, 6.45) is 9.55.